The molecule has 7 nitrogen and oxygen atoms in total. The topological polar surface area (TPSA) is 93.7 Å². The molecule has 3 rings (SSSR count). The molecule has 0 unspecified atom stereocenters. The van der Waals surface area contributed by atoms with Gasteiger partial charge in [-0.3, -0.25) is 0 Å². The molecule has 1 aliphatic heterocycles. The number of esters is 1. The van der Waals surface area contributed by atoms with E-state index in [0.29, 0.717) is 22.6 Å². The molecule has 0 fully saturated rings. The van der Waals surface area contributed by atoms with Crippen LogP contribution in [0.3, 0.4) is 0 Å². The Morgan fingerprint density at radius 3 is 2.79 bits per heavy atom. The fourth-order valence-electron chi connectivity index (χ4n) is 2.51. The Labute approximate surface area is 173 Å². The second kappa shape index (κ2) is 10.1. The van der Waals surface area contributed by atoms with E-state index in [1.54, 1.807) is 42.5 Å². The summed E-state index contributed by atoms with van der Waals surface area (Å²) in [6, 6.07) is 12.5. The first-order valence-electron chi connectivity index (χ1n) is 8.77. The SMILES string of the molecule is CCC[CH2][Sn][O]ONc1ccc(C2=C(C#N)C(=O)O/C2=C/c2ccco2)cc1. The van der Waals surface area contributed by atoms with Crippen LogP contribution in [-0.4, -0.2) is 27.5 Å². The predicted molar refractivity (Wildman–Crippen MR) is 103 cm³/mol. The molecule has 1 aromatic heterocycles. The van der Waals surface area contributed by atoms with E-state index in [-0.39, 0.29) is 11.3 Å². The molecule has 0 bridgehead atoms. The number of nitrogens with zero attached hydrogens (tertiary/aromatic N) is 1. The van der Waals surface area contributed by atoms with E-state index in [1.165, 1.54) is 6.26 Å². The first-order valence-corrected chi connectivity index (χ1v) is 11.9. The number of nitrogens with one attached hydrogen (secondary N) is 1. The Morgan fingerprint density at radius 2 is 2.11 bits per heavy atom. The molecular formula is C20H18N2O5Sn. The molecule has 8 heteroatoms. The van der Waals surface area contributed by atoms with Crippen LogP contribution < -0.4 is 5.48 Å². The van der Waals surface area contributed by atoms with Crippen molar-refractivity contribution in [3.63, 3.8) is 0 Å². The first-order chi connectivity index (χ1) is 13.7. The van der Waals surface area contributed by atoms with Gasteiger partial charge in [0.05, 0.1) is 6.26 Å². The van der Waals surface area contributed by atoms with Gasteiger partial charge in [-0.25, -0.2) is 0 Å². The van der Waals surface area contributed by atoms with Crippen LogP contribution in [0.1, 0.15) is 31.1 Å². The van der Waals surface area contributed by atoms with Crippen LogP contribution in [0.5, 0.6) is 0 Å². The first kappa shape index (κ1) is 20.2. The number of ether oxygens (including phenoxy) is 1. The number of nitriles is 1. The van der Waals surface area contributed by atoms with Gasteiger partial charge in [-0.05, 0) is 6.07 Å². The quantitative estimate of drug-likeness (QED) is 0.187. The fourth-order valence-corrected chi connectivity index (χ4v) is 4.46. The molecule has 0 amide bonds. The molecule has 2 heterocycles. The number of furan rings is 1. The second-order valence-electron chi connectivity index (χ2n) is 5.87. The third-order valence-electron chi connectivity index (χ3n) is 3.90. The van der Waals surface area contributed by atoms with E-state index in [9.17, 15) is 10.1 Å². The standard InChI is InChI=1S/C16H10N2O5.C4H9.Sn/c17-9-13-15(10-3-5-11(6-4-10)18-23-20)14(22-16(13)19)8-12-2-1-7-21-12;1-3-4-2;/h1-8,18,20H;1,3-4H2,2H3;/q;;+1/p-1/b14-8+;;. The number of rotatable bonds is 9. The summed E-state index contributed by atoms with van der Waals surface area (Å²) in [7, 11) is 0. The average molecular weight is 485 g/mol. The minimum absolute atomic E-state index is 0.0404. The van der Waals surface area contributed by atoms with Crippen molar-refractivity contribution in [2.45, 2.75) is 24.2 Å². The van der Waals surface area contributed by atoms with E-state index in [2.05, 4.69) is 12.4 Å². The molecule has 142 valence electrons. The number of allylic oxidation sites excluding steroid dienone is 1. The van der Waals surface area contributed by atoms with Gasteiger partial charge in [0.1, 0.15) is 0 Å². The van der Waals surface area contributed by atoms with Crippen molar-refractivity contribution in [3.05, 3.63) is 65.3 Å². The van der Waals surface area contributed by atoms with Gasteiger partial charge in [0.15, 0.2) is 0 Å². The predicted octanol–water partition coefficient (Wildman–Crippen LogP) is 4.27. The van der Waals surface area contributed by atoms with Gasteiger partial charge >= 0.3 is 161 Å². The third-order valence-corrected chi connectivity index (χ3v) is 6.06. The molecule has 1 aliphatic rings. The van der Waals surface area contributed by atoms with Gasteiger partial charge in [0, 0.05) is 0 Å². The number of cyclic esters (lactones) is 1. The number of carbonyl (C=O) groups is 1. The van der Waals surface area contributed by atoms with E-state index < -0.39 is 27.5 Å². The number of hydrogen-bond acceptors (Lipinski definition) is 7. The van der Waals surface area contributed by atoms with E-state index in [0.717, 1.165) is 17.3 Å². The molecule has 28 heavy (non-hydrogen) atoms. The van der Waals surface area contributed by atoms with Crippen LogP contribution in [0.25, 0.3) is 11.6 Å². The number of unbranched alkanes of at least 4 members (excludes halogenated alkanes) is 1. The Bertz CT molecular complexity index is 911. The molecule has 0 atom stereocenters. The van der Waals surface area contributed by atoms with Crippen molar-refractivity contribution in [3.8, 4) is 6.07 Å². The molecule has 2 aromatic rings. The fraction of sp³-hybridized carbons (Fsp3) is 0.200. The maximum absolute atomic E-state index is 12.0. The molecule has 0 spiro atoms. The summed E-state index contributed by atoms with van der Waals surface area (Å²) < 4.78 is 16.8. The number of anilines is 1. The van der Waals surface area contributed by atoms with Gasteiger partial charge in [0.25, 0.3) is 0 Å². The van der Waals surface area contributed by atoms with Crippen molar-refractivity contribution < 1.29 is 22.2 Å². The Kier molecular flexibility index (Phi) is 7.31. The van der Waals surface area contributed by atoms with Crippen molar-refractivity contribution in [1.29, 1.82) is 5.26 Å². The van der Waals surface area contributed by atoms with Crippen molar-refractivity contribution in [1.82, 2.24) is 0 Å². The summed E-state index contributed by atoms with van der Waals surface area (Å²) in [5.41, 5.74) is 4.49. The van der Waals surface area contributed by atoms with Crippen LogP contribution in [-0.2, 0) is 17.7 Å². The number of carbonyl (C=O) groups excluding carboxylic acids is 1. The molecule has 0 saturated heterocycles. The van der Waals surface area contributed by atoms with Crippen molar-refractivity contribution >= 4 is 44.9 Å². The summed E-state index contributed by atoms with van der Waals surface area (Å²) in [5, 5.41) is 9.37. The Hall–Kier alpha value is -2.54. The van der Waals surface area contributed by atoms with Crippen LogP contribution in [0.4, 0.5) is 5.69 Å². The number of benzene rings is 1. The normalized spacial score (nSPS) is 15.0. The van der Waals surface area contributed by atoms with E-state index in [1.807, 2.05) is 6.07 Å². The van der Waals surface area contributed by atoms with Crippen LogP contribution in [0.15, 0.2) is 58.4 Å². The minimum atomic E-state index is -0.949. The van der Waals surface area contributed by atoms with E-state index >= 15 is 0 Å². The van der Waals surface area contributed by atoms with Crippen LogP contribution in [0.2, 0.25) is 4.44 Å². The third kappa shape index (κ3) is 5.04. The Morgan fingerprint density at radius 1 is 1.29 bits per heavy atom. The molecule has 2 radical (unpaired) electrons. The molecular weight excluding hydrogens is 467 g/mol. The molecule has 1 N–H and O–H groups in total. The summed E-state index contributed by atoms with van der Waals surface area (Å²) in [4.78, 5) is 17.1. The molecule has 0 aliphatic carbocycles. The zero-order valence-electron chi connectivity index (χ0n) is 15.2. The van der Waals surface area contributed by atoms with Gasteiger partial charge in [0.2, 0.25) is 0 Å². The monoisotopic (exact) mass is 486 g/mol. The van der Waals surface area contributed by atoms with Crippen LogP contribution in [0, 0.1) is 11.3 Å². The van der Waals surface area contributed by atoms with Gasteiger partial charge < -0.3 is 0 Å². The summed E-state index contributed by atoms with van der Waals surface area (Å²) in [6.07, 6.45) is 5.42. The zero-order chi connectivity index (χ0) is 19.8. The molecule has 1 aromatic carbocycles. The van der Waals surface area contributed by atoms with Gasteiger partial charge in [-0.1, -0.05) is 0 Å². The summed E-state index contributed by atoms with van der Waals surface area (Å²) >= 11 is -0.949. The zero-order valence-corrected chi connectivity index (χ0v) is 18.1. The Balaban J connectivity index is 1.72. The molecule has 0 saturated carbocycles. The summed E-state index contributed by atoms with van der Waals surface area (Å²) in [5.74, 6) is 0.129. The van der Waals surface area contributed by atoms with Gasteiger partial charge in [-0.2, -0.15) is 0 Å². The maximum atomic E-state index is 12.0. The van der Waals surface area contributed by atoms with Crippen molar-refractivity contribution in [2.75, 3.05) is 5.48 Å². The van der Waals surface area contributed by atoms with Crippen molar-refractivity contribution in [2.24, 2.45) is 0 Å². The van der Waals surface area contributed by atoms with Gasteiger partial charge in [-0.15, -0.1) is 0 Å². The average Bonchev–Trinajstić information content (AvgIpc) is 3.32. The van der Waals surface area contributed by atoms with Crippen LogP contribution >= 0.6 is 0 Å². The summed E-state index contributed by atoms with van der Waals surface area (Å²) in [6.45, 7) is 2.14. The number of hydrogen-bond donors (Lipinski definition) is 1. The second-order valence-corrected chi connectivity index (χ2v) is 8.60. The van der Waals surface area contributed by atoms with E-state index in [4.69, 9.17) is 17.4 Å².